The van der Waals surface area contributed by atoms with Gasteiger partial charge in [-0.15, -0.1) is 11.3 Å². The van der Waals surface area contributed by atoms with Crippen LogP contribution >= 0.6 is 27.3 Å². The molecule has 0 atom stereocenters. The summed E-state index contributed by atoms with van der Waals surface area (Å²) >= 11 is 5.18. The Bertz CT molecular complexity index is 739. The van der Waals surface area contributed by atoms with Crippen molar-refractivity contribution in [1.82, 2.24) is 9.97 Å². The molecule has 0 aliphatic carbocycles. The van der Waals surface area contributed by atoms with Gasteiger partial charge in [-0.3, -0.25) is 4.98 Å². The van der Waals surface area contributed by atoms with Crippen LogP contribution in [-0.2, 0) is 6.42 Å². The van der Waals surface area contributed by atoms with Crippen LogP contribution in [0.15, 0.2) is 40.3 Å². The number of thiazole rings is 1. The van der Waals surface area contributed by atoms with Crippen molar-refractivity contribution in [2.45, 2.75) is 13.3 Å². The summed E-state index contributed by atoms with van der Waals surface area (Å²) in [6, 6.07) is 8.17. The van der Waals surface area contributed by atoms with E-state index >= 15 is 0 Å². The normalized spacial score (nSPS) is 10.9. The second-order valence-corrected chi connectivity index (χ2v) is 6.53. The van der Waals surface area contributed by atoms with E-state index in [1.54, 1.807) is 11.3 Å². The highest BCUT2D eigenvalue weighted by Gasteiger charge is 2.03. The Morgan fingerprint density at radius 1 is 1.30 bits per heavy atom. The van der Waals surface area contributed by atoms with E-state index in [2.05, 4.69) is 42.7 Å². The second kappa shape index (κ2) is 5.89. The molecular formula is C15H14BrN3S. The number of fused-ring (bicyclic) bond motifs is 1. The van der Waals surface area contributed by atoms with Gasteiger partial charge in [-0.05, 0) is 31.2 Å². The average molecular weight is 348 g/mol. The van der Waals surface area contributed by atoms with E-state index in [1.165, 1.54) is 0 Å². The van der Waals surface area contributed by atoms with Gasteiger partial charge in [-0.25, -0.2) is 4.98 Å². The number of anilines is 1. The zero-order valence-corrected chi connectivity index (χ0v) is 13.5. The average Bonchev–Trinajstić information content (AvgIpc) is 2.84. The van der Waals surface area contributed by atoms with Gasteiger partial charge >= 0.3 is 0 Å². The summed E-state index contributed by atoms with van der Waals surface area (Å²) in [7, 11) is 0. The molecule has 0 unspecified atom stereocenters. The molecule has 0 aliphatic heterocycles. The van der Waals surface area contributed by atoms with Gasteiger partial charge < -0.3 is 5.32 Å². The maximum absolute atomic E-state index is 4.48. The fourth-order valence-corrected chi connectivity index (χ4v) is 3.12. The summed E-state index contributed by atoms with van der Waals surface area (Å²) in [5, 5.41) is 7.87. The number of nitrogens with zero attached hydrogens (tertiary/aromatic N) is 2. The van der Waals surface area contributed by atoms with E-state index in [1.807, 2.05) is 31.3 Å². The quantitative estimate of drug-likeness (QED) is 0.759. The topological polar surface area (TPSA) is 37.8 Å². The number of benzene rings is 1. The third-order valence-corrected chi connectivity index (χ3v) is 4.38. The first-order valence-electron chi connectivity index (χ1n) is 6.41. The summed E-state index contributed by atoms with van der Waals surface area (Å²) in [6.07, 6.45) is 2.77. The van der Waals surface area contributed by atoms with Crippen LogP contribution in [0.2, 0.25) is 0 Å². The second-order valence-electron chi connectivity index (χ2n) is 4.55. The molecule has 5 heteroatoms. The van der Waals surface area contributed by atoms with E-state index in [9.17, 15) is 0 Å². The SMILES string of the molecule is Cc1nc(CCNc2ccnc3cc(Br)ccc23)cs1. The van der Waals surface area contributed by atoms with Crippen LogP contribution in [0.1, 0.15) is 10.7 Å². The molecule has 1 N–H and O–H groups in total. The lowest BCUT2D eigenvalue weighted by atomic mass is 10.2. The molecule has 0 aliphatic rings. The van der Waals surface area contributed by atoms with Crippen LogP contribution in [0.5, 0.6) is 0 Å². The van der Waals surface area contributed by atoms with Gasteiger partial charge in [0.15, 0.2) is 0 Å². The summed E-state index contributed by atoms with van der Waals surface area (Å²) in [5.41, 5.74) is 3.27. The predicted molar refractivity (Wildman–Crippen MR) is 88.5 cm³/mol. The molecule has 0 saturated carbocycles. The molecule has 0 spiro atoms. The molecule has 0 fully saturated rings. The number of halogens is 1. The highest BCUT2D eigenvalue weighted by Crippen LogP contribution is 2.24. The molecule has 1 aromatic carbocycles. The molecule has 3 aromatic rings. The van der Waals surface area contributed by atoms with E-state index in [0.29, 0.717) is 0 Å². The van der Waals surface area contributed by atoms with Crippen molar-refractivity contribution in [3.63, 3.8) is 0 Å². The first kappa shape index (κ1) is 13.5. The monoisotopic (exact) mass is 347 g/mol. The summed E-state index contributed by atoms with van der Waals surface area (Å²) in [6.45, 7) is 2.91. The van der Waals surface area contributed by atoms with Crippen LogP contribution in [-0.4, -0.2) is 16.5 Å². The van der Waals surface area contributed by atoms with Crippen molar-refractivity contribution < 1.29 is 0 Å². The van der Waals surface area contributed by atoms with Crippen molar-refractivity contribution in [3.8, 4) is 0 Å². The lowest BCUT2D eigenvalue weighted by Gasteiger charge is -2.08. The Hall–Kier alpha value is -1.46. The van der Waals surface area contributed by atoms with E-state index in [4.69, 9.17) is 0 Å². The minimum atomic E-state index is 0.873. The number of aryl methyl sites for hydroxylation is 1. The van der Waals surface area contributed by atoms with E-state index in [-0.39, 0.29) is 0 Å². The Balaban J connectivity index is 1.74. The predicted octanol–water partition coefficient (Wildman–Crippen LogP) is 4.42. The minimum Gasteiger partial charge on any atom is -0.384 e. The van der Waals surface area contributed by atoms with Gasteiger partial charge in [0.2, 0.25) is 0 Å². The van der Waals surface area contributed by atoms with Crippen molar-refractivity contribution in [2.75, 3.05) is 11.9 Å². The van der Waals surface area contributed by atoms with Crippen LogP contribution in [0.25, 0.3) is 10.9 Å². The standard InChI is InChI=1S/C15H14BrN3S/c1-10-19-12(9-20-10)4-6-17-14-5-7-18-15-8-11(16)2-3-13(14)15/h2-3,5,7-9H,4,6H2,1H3,(H,17,18). The number of nitrogens with one attached hydrogen (secondary N) is 1. The number of hydrogen-bond acceptors (Lipinski definition) is 4. The number of aromatic nitrogens is 2. The Morgan fingerprint density at radius 3 is 3.00 bits per heavy atom. The Labute approximate surface area is 130 Å². The Morgan fingerprint density at radius 2 is 2.20 bits per heavy atom. The van der Waals surface area contributed by atoms with Crippen LogP contribution in [0.3, 0.4) is 0 Å². The fourth-order valence-electron chi connectivity index (χ4n) is 2.12. The van der Waals surface area contributed by atoms with Crippen LogP contribution in [0, 0.1) is 6.92 Å². The molecule has 0 saturated heterocycles. The molecule has 2 aromatic heterocycles. The highest BCUT2D eigenvalue weighted by atomic mass is 79.9. The largest absolute Gasteiger partial charge is 0.384 e. The number of pyridine rings is 1. The molecule has 0 bridgehead atoms. The molecule has 20 heavy (non-hydrogen) atoms. The van der Waals surface area contributed by atoms with Gasteiger partial charge in [-0.2, -0.15) is 0 Å². The van der Waals surface area contributed by atoms with Crippen molar-refractivity contribution >= 4 is 43.9 Å². The van der Waals surface area contributed by atoms with Crippen molar-refractivity contribution in [2.24, 2.45) is 0 Å². The molecule has 2 heterocycles. The van der Waals surface area contributed by atoms with E-state index in [0.717, 1.165) is 44.7 Å². The minimum absolute atomic E-state index is 0.873. The van der Waals surface area contributed by atoms with Crippen LogP contribution in [0.4, 0.5) is 5.69 Å². The van der Waals surface area contributed by atoms with Gasteiger partial charge in [0.25, 0.3) is 0 Å². The molecule has 0 radical (unpaired) electrons. The van der Waals surface area contributed by atoms with Crippen molar-refractivity contribution in [1.29, 1.82) is 0 Å². The van der Waals surface area contributed by atoms with Gasteiger partial charge in [0.1, 0.15) is 0 Å². The Kier molecular flexibility index (Phi) is 3.98. The van der Waals surface area contributed by atoms with Gasteiger partial charge in [0.05, 0.1) is 16.2 Å². The summed E-state index contributed by atoms with van der Waals surface area (Å²) < 4.78 is 1.05. The maximum atomic E-state index is 4.48. The van der Waals surface area contributed by atoms with E-state index < -0.39 is 0 Å². The molecule has 0 amide bonds. The maximum Gasteiger partial charge on any atom is 0.0897 e. The summed E-state index contributed by atoms with van der Waals surface area (Å²) in [5.74, 6) is 0. The lowest BCUT2D eigenvalue weighted by molar-refractivity contribution is 0.969. The zero-order chi connectivity index (χ0) is 13.9. The van der Waals surface area contributed by atoms with Gasteiger partial charge in [-0.1, -0.05) is 15.9 Å². The van der Waals surface area contributed by atoms with Crippen molar-refractivity contribution in [3.05, 3.63) is 51.0 Å². The van der Waals surface area contributed by atoms with Crippen LogP contribution < -0.4 is 5.32 Å². The molecule has 102 valence electrons. The third kappa shape index (κ3) is 2.99. The molecule has 3 nitrogen and oxygen atoms in total. The first-order valence-corrected chi connectivity index (χ1v) is 8.09. The fraction of sp³-hybridized carbons (Fsp3) is 0.200. The smallest absolute Gasteiger partial charge is 0.0897 e. The first-order chi connectivity index (χ1) is 9.72. The lowest BCUT2D eigenvalue weighted by Crippen LogP contribution is -2.05. The summed E-state index contributed by atoms with van der Waals surface area (Å²) in [4.78, 5) is 8.87. The van der Waals surface area contributed by atoms with Gasteiger partial charge in [0, 0.05) is 40.1 Å². The highest BCUT2D eigenvalue weighted by molar-refractivity contribution is 9.10. The number of hydrogen-bond donors (Lipinski definition) is 1. The third-order valence-electron chi connectivity index (χ3n) is 3.07. The molecular weight excluding hydrogens is 334 g/mol. The zero-order valence-electron chi connectivity index (χ0n) is 11.1. The molecule has 3 rings (SSSR count). The number of rotatable bonds is 4.